The average Bonchev–Trinajstić information content (AvgIpc) is 2.88. The molecule has 0 aliphatic carbocycles. The number of piperidine rings is 1. The Bertz CT molecular complexity index is 1050. The summed E-state index contributed by atoms with van der Waals surface area (Å²) in [5, 5.41) is 14.2. The van der Waals surface area contributed by atoms with Gasteiger partial charge >= 0.3 is 0 Å². The number of hydrogen-bond donors (Lipinski definition) is 3. The Labute approximate surface area is 203 Å². The SMILES string of the molecule is Cc1ccc(-c2ccc(S(=O)ON3CCC(NCc4ccccc4)CC3CONO)cc2)cc1. The number of nitrogens with one attached hydrogen (secondary N) is 2. The quantitative estimate of drug-likeness (QED) is 0.375. The lowest BCUT2D eigenvalue weighted by Gasteiger charge is -2.37. The van der Waals surface area contributed by atoms with Gasteiger partial charge in [-0.3, -0.25) is 10.0 Å². The fourth-order valence-electron chi connectivity index (χ4n) is 4.09. The summed E-state index contributed by atoms with van der Waals surface area (Å²) in [4.78, 5) is 5.63. The molecule has 1 heterocycles. The minimum atomic E-state index is -1.65. The number of hydroxylamine groups is 2. The van der Waals surface area contributed by atoms with Gasteiger partial charge in [-0.25, -0.2) is 4.21 Å². The minimum Gasteiger partial charge on any atom is -0.310 e. The molecule has 1 saturated heterocycles. The molecule has 7 nitrogen and oxygen atoms in total. The van der Waals surface area contributed by atoms with E-state index in [9.17, 15) is 4.21 Å². The van der Waals surface area contributed by atoms with Crippen molar-refractivity contribution >= 4 is 11.1 Å². The smallest absolute Gasteiger partial charge is 0.206 e. The molecule has 3 aromatic carbocycles. The number of nitrogens with zero attached hydrogens (tertiary/aromatic N) is 1. The fourth-order valence-corrected chi connectivity index (χ4v) is 4.90. The lowest BCUT2D eigenvalue weighted by molar-refractivity contribution is -0.179. The molecule has 34 heavy (non-hydrogen) atoms. The summed E-state index contributed by atoms with van der Waals surface area (Å²) in [7, 11) is 0. The summed E-state index contributed by atoms with van der Waals surface area (Å²) in [5.41, 5.74) is 6.35. The third-order valence-corrected chi connectivity index (χ3v) is 7.02. The summed E-state index contributed by atoms with van der Waals surface area (Å²) >= 11 is -1.65. The monoisotopic (exact) mass is 481 g/mol. The van der Waals surface area contributed by atoms with E-state index in [-0.39, 0.29) is 18.7 Å². The predicted molar refractivity (Wildman–Crippen MR) is 132 cm³/mol. The molecular formula is C26H31N3O4S. The average molecular weight is 482 g/mol. The zero-order chi connectivity index (χ0) is 23.8. The molecule has 0 saturated carbocycles. The third-order valence-electron chi connectivity index (χ3n) is 6.03. The van der Waals surface area contributed by atoms with E-state index >= 15 is 0 Å². The molecule has 0 aromatic heterocycles. The second-order valence-electron chi connectivity index (χ2n) is 8.48. The van der Waals surface area contributed by atoms with Crippen molar-refractivity contribution in [3.05, 3.63) is 90.0 Å². The predicted octanol–water partition coefficient (Wildman–Crippen LogP) is 4.15. The van der Waals surface area contributed by atoms with Crippen molar-refractivity contribution in [1.82, 2.24) is 16.0 Å². The Kier molecular flexibility index (Phi) is 8.95. The molecule has 3 atom stereocenters. The summed E-state index contributed by atoms with van der Waals surface area (Å²) < 4.78 is 18.8. The molecule has 3 N–H and O–H groups in total. The Morgan fingerprint density at radius 3 is 2.35 bits per heavy atom. The van der Waals surface area contributed by atoms with E-state index in [1.165, 1.54) is 11.1 Å². The van der Waals surface area contributed by atoms with E-state index < -0.39 is 11.1 Å². The van der Waals surface area contributed by atoms with Crippen LogP contribution in [0.4, 0.5) is 0 Å². The zero-order valence-electron chi connectivity index (χ0n) is 19.2. The van der Waals surface area contributed by atoms with Gasteiger partial charge in [0.05, 0.1) is 17.5 Å². The van der Waals surface area contributed by atoms with Crippen LogP contribution in [-0.4, -0.2) is 39.7 Å². The van der Waals surface area contributed by atoms with E-state index in [1.807, 2.05) is 42.5 Å². The van der Waals surface area contributed by atoms with Crippen molar-refractivity contribution in [3.8, 4) is 11.1 Å². The van der Waals surface area contributed by atoms with Gasteiger partial charge in [0.1, 0.15) is 0 Å². The highest BCUT2D eigenvalue weighted by atomic mass is 32.2. The maximum Gasteiger partial charge on any atom is 0.206 e. The lowest BCUT2D eigenvalue weighted by atomic mass is 9.99. The standard InChI is InChI=1S/C26H31N3O4S/c1-20-7-9-22(10-8-20)23-11-13-26(14-12-23)34(31)33-29-16-15-24(17-25(29)19-32-28-30)27-18-21-5-3-2-4-6-21/h2-14,24-25,27-28,30H,15-19H2,1H3. The van der Waals surface area contributed by atoms with E-state index in [1.54, 1.807) is 10.7 Å². The molecule has 1 fully saturated rings. The van der Waals surface area contributed by atoms with Gasteiger partial charge in [0.2, 0.25) is 11.1 Å². The molecule has 0 amide bonds. The van der Waals surface area contributed by atoms with Crippen LogP contribution in [0.15, 0.2) is 83.8 Å². The summed E-state index contributed by atoms with van der Waals surface area (Å²) in [5.74, 6) is 0. The normalized spacial score (nSPS) is 19.7. The van der Waals surface area contributed by atoms with Gasteiger partial charge in [0, 0.05) is 19.1 Å². The van der Waals surface area contributed by atoms with Crippen LogP contribution in [0.3, 0.4) is 0 Å². The fraction of sp³-hybridized carbons (Fsp3) is 0.308. The molecule has 0 radical (unpaired) electrons. The molecule has 1 aliphatic rings. The summed E-state index contributed by atoms with van der Waals surface area (Å²) in [6.45, 7) is 3.63. The van der Waals surface area contributed by atoms with E-state index in [0.29, 0.717) is 11.4 Å². The maximum absolute atomic E-state index is 12.9. The van der Waals surface area contributed by atoms with Gasteiger partial charge < -0.3 is 5.32 Å². The van der Waals surface area contributed by atoms with Crippen LogP contribution >= 0.6 is 0 Å². The van der Waals surface area contributed by atoms with Crippen molar-refractivity contribution in [1.29, 1.82) is 0 Å². The van der Waals surface area contributed by atoms with Crippen molar-refractivity contribution < 1.29 is 18.5 Å². The lowest BCUT2D eigenvalue weighted by Crippen LogP contribution is -2.50. The van der Waals surface area contributed by atoms with Crippen molar-refractivity contribution in [2.24, 2.45) is 0 Å². The topological polar surface area (TPSA) is 83.1 Å². The molecular weight excluding hydrogens is 450 g/mol. The van der Waals surface area contributed by atoms with Crippen LogP contribution in [0.2, 0.25) is 0 Å². The maximum atomic E-state index is 12.9. The number of aryl methyl sites for hydroxylation is 1. The summed E-state index contributed by atoms with van der Waals surface area (Å²) in [6.07, 6.45) is 1.58. The highest BCUT2D eigenvalue weighted by Gasteiger charge is 2.31. The van der Waals surface area contributed by atoms with Gasteiger partial charge in [-0.2, -0.15) is 9.35 Å². The van der Waals surface area contributed by atoms with Crippen LogP contribution in [-0.2, 0) is 26.7 Å². The highest BCUT2D eigenvalue weighted by molar-refractivity contribution is 7.80. The van der Waals surface area contributed by atoms with Gasteiger partial charge in [0.25, 0.3) is 0 Å². The first kappa shape index (κ1) is 24.7. The molecule has 180 valence electrons. The first-order valence-electron chi connectivity index (χ1n) is 11.4. The molecule has 3 aromatic rings. The zero-order valence-corrected chi connectivity index (χ0v) is 20.0. The second-order valence-corrected chi connectivity index (χ2v) is 9.57. The highest BCUT2D eigenvalue weighted by Crippen LogP contribution is 2.24. The second kappa shape index (κ2) is 12.3. The Hall–Kier alpha value is -2.43. The van der Waals surface area contributed by atoms with Crippen LogP contribution in [0.1, 0.15) is 24.0 Å². The van der Waals surface area contributed by atoms with Crippen LogP contribution in [0.5, 0.6) is 0 Å². The Balaban J connectivity index is 1.35. The van der Waals surface area contributed by atoms with Crippen LogP contribution in [0, 0.1) is 6.92 Å². The number of hydrogen-bond acceptors (Lipinski definition) is 7. The van der Waals surface area contributed by atoms with E-state index in [0.717, 1.165) is 30.5 Å². The molecule has 0 bridgehead atoms. The largest absolute Gasteiger partial charge is 0.310 e. The summed E-state index contributed by atoms with van der Waals surface area (Å²) in [6, 6.07) is 26.2. The van der Waals surface area contributed by atoms with E-state index in [2.05, 4.69) is 48.6 Å². The first-order chi connectivity index (χ1) is 16.6. The van der Waals surface area contributed by atoms with Gasteiger partial charge in [-0.15, -0.1) is 0 Å². The molecule has 1 aliphatic heterocycles. The molecule has 4 rings (SSSR count). The number of rotatable bonds is 10. The van der Waals surface area contributed by atoms with Crippen LogP contribution in [0.25, 0.3) is 11.1 Å². The van der Waals surface area contributed by atoms with Gasteiger partial charge in [0.15, 0.2) is 0 Å². The Morgan fingerprint density at radius 2 is 1.68 bits per heavy atom. The Morgan fingerprint density at radius 1 is 1.00 bits per heavy atom. The number of benzene rings is 3. The van der Waals surface area contributed by atoms with Crippen molar-refractivity contribution in [3.63, 3.8) is 0 Å². The minimum absolute atomic E-state index is 0.169. The van der Waals surface area contributed by atoms with Crippen molar-refractivity contribution in [2.75, 3.05) is 13.2 Å². The van der Waals surface area contributed by atoms with E-state index in [4.69, 9.17) is 14.3 Å². The molecule has 3 unspecified atom stereocenters. The molecule has 0 spiro atoms. The van der Waals surface area contributed by atoms with Crippen molar-refractivity contribution in [2.45, 2.75) is 43.3 Å². The third kappa shape index (κ3) is 6.80. The van der Waals surface area contributed by atoms with Gasteiger partial charge in [-0.1, -0.05) is 77.9 Å². The van der Waals surface area contributed by atoms with Crippen LogP contribution < -0.4 is 11.0 Å². The van der Waals surface area contributed by atoms with Gasteiger partial charge in [-0.05, 0) is 48.6 Å². The first-order valence-corrected chi connectivity index (χ1v) is 12.5. The molecule has 8 heteroatoms.